The molecule has 76 valence electrons. The number of carbonyl (C=O) groups is 1. The van der Waals surface area contributed by atoms with Gasteiger partial charge in [0.25, 0.3) is 0 Å². The fourth-order valence-corrected chi connectivity index (χ4v) is 0.970. The molecule has 0 heterocycles. The van der Waals surface area contributed by atoms with Crippen molar-refractivity contribution >= 4 is 17.3 Å². The van der Waals surface area contributed by atoms with Gasteiger partial charge in [0.1, 0.15) is 0 Å². The summed E-state index contributed by atoms with van der Waals surface area (Å²) >= 11 is 0. The van der Waals surface area contributed by atoms with E-state index in [1.165, 1.54) is 13.0 Å². The van der Waals surface area contributed by atoms with E-state index < -0.39 is 16.7 Å². The van der Waals surface area contributed by atoms with Gasteiger partial charge in [0.05, 0.1) is 0 Å². The molecule has 1 rings (SSSR count). The molecule has 0 spiro atoms. The van der Waals surface area contributed by atoms with Gasteiger partial charge in [-0.2, -0.15) is 5.23 Å². The lowest BCUT2D eigenvalue weighted by atomic mass is 10.2. The Hall–Kier alpha value is -1.50. The highest BCUT2D eigenvalue weighted by molar-refractivity contribution is 5.88. The molecular weight excluding hydrogens is 191 g/mol. The van der Waals surface area contributed by atoms with Gasteiger partial charge in [0.2, 0.25) is 5.91 Å². The van der Waals surface area contributed by atoms with Crippen molar-refractivity contribution < 1.29 is 19.6 Å². The second-order valence-electron chi connectivity index (χ2n) is 2.68. The Kier molecular flexibility index (Phi) is 3.13. The van der Waals surface area contributed by atoms with Gasteiger partial charge >= 0.3 is 0 Å². The van der Waals surface area contributed by atoms with Crippen LogP contribution in [0.2, 0.25) is 0 Å². The van der Waals surface area contributed by atoms with Crippen LogP contribution >= 0.6 is 0 Å². The van der Waals surface area contributed by atoms with Gasteiger partial charge in [-0.15, -0.1) is 0 Å². The molecule has 5 nitrogen and oxygen atoms in total. The second kappa shape index (κ2) is 4.14. The summed E-state index contributed by atoms with van der Waals surface area (Å²) in [5.41, 5.74) is -0.181. The fourth-order valence-electron chi connectivity index (χ4n) is 0.970. The van der Waals surface area contributed by atoms with Crippen LogP contribution in [-0.2, 0) is 4.79 Å². The van der Waals surface area contributed by atoms with Gasteiger partial charge in [-0.1, -0.05) is 0 Å². The number of rotatable bonds is 2. The van der Waals surface area contributed by atoms with Crippen molar-refractivity contribution in [3.8, 4) is 0 Å². The van der Waals surface area contributed by atoms with Crippen LogP contribution in [0.25, 0.3) is 0 Å². The van der Waals surface area contributed by atoms with E-state index in [9.17, 15) is 14.4 Å². The summed E-state index contributed by atoms with van der Waals surface area (Å²) in [5, 5.41) is 19.9. The van der Waals surface area contributed by atoms with Gasteiger partial charge in [-0.3, -0.25) is 4.79 Å². The van der Waals surface area contributed by atoms with Gasteiger partial charge in [-0.25, -0.2) is 9.60 Å². The minimum Gasteiger partial charge on any atom is -0.595 e. The Morgan fingerprint density at radius 3 is 2.71 bits per heavy atom. The van der Waals surface area contributed by atoms with E-state index in [2.05, 4.69) is 5.32 Å². The largest absolute Gasteiger partial charge is 0.595 e. The number of halogens is 1. The van der Waals surface area contributed by atoms with E-state index in [-0.39, 0.29) is 11.6 Å². The lowest BCUT2D eigenvalue weighted by Crippen LogP contribution is -2.99. The van der Waals surface area contributed by atoms with Crippen LogP contribution in [0.4, 0.5) is 15.8 Å². The lowest BCUT2D eigenvalue weighted by Gasteiger charge is -2.12. The summed E-state index contributed by atoms with van der Waals surface area (Å²) < 4.78 is 13.0. The quantitative estimate of drug-likeness (QED) is 0.596. The van der Waals surface area contributed by atoms with Crippen LogP contribution in [0.15, 0.2) is 18.2 Å². The summed E-state index contributed by atoms with van der Waals surface area (Å²) in [6.45, 7) is 1.28. The summed E-state index contributed by atoms with van der Waals surface area (Å²) in [7, 11) is 0. The number of carbonyl (C=O) groups excluding carboxylic acids is 1. The van der Waals surface area contributed by atoms with Gasteiger partial charge in [-0.05, 0) is 6.07 Å². The molecule has 0 aromatic heterocycles. The molecule has 0 bridgehead atoms. The Labute approximate surface area is 79.3 Å². The topological polar surface area (TPSA) is 76.8 Å². The highest BCUT2D eigenvalue weighted by Crippen LogP contribution is 2.15. The van der Waals surface area contributed by atoms with Crippen molar-refractivity contribution in [2.75, 3.05) is 5.32 Å². The zero-order valence-electron chi connectivity index (χ0n) is 7.37. The molecule has 1 atom stereocenters. The van der Waals surface area contributed by atoms with Crippen LogP contribution in [-0.4, -0.2) is 11.1 Å². The first-order chi connectivity index (χ1) is 6.50. The Morgan fingerprint density at radius 1 is 1.64 bits per heavy atom. The number of hydrogen-bond donors (Lipinski definition) is 3. The van der Waals surface area contributed by atoms with Crippen molar-refractivity contribution in [1.29, 1.82) is 0 Å². The average molecular weight is 200 g/mol. The van der Waals surface area contributed by atoms with E-state index in [0.717, 1.165) is 12.1 Å². The molecule has 1 aromatic carbocycles. The number of nitrogens with one attached hydrogen (secondary N) is 2. The predicted molar refractivity (Wildman–Crippen MR) is 46.5 cm³/mol. The van der Waals surface area contributed by atoms with Crippen LogP contribution in [0, 0.1) is 11.0 Å². The van der Waals surface area contributed by atoms with Crippen LogP contribution in [0.1, 0.15) is 6.92 Å². The van der Waals surface area contributed by atoms with E-state index in [1.54, 1.807) is 0 Å². The predicted octanol–water partition coefficient (Wildman–Crippen LogP) is 0.187. The molecule has 0 aliphatic heterocycles. The number of amides is 1. The number of hydrogen-bond acceptors (Lipinski definition) is 3. The first kappa shape index (κ1) is 10.6. The summed E-state index contributed by atoms with van der Waals surface area (Å²) in [4.78, 5) is 10.6. The Morgan fingerprint density at radius 2 is 2.29 bits per heavy atom. The third kappa shape index (κ3) is 2.49. The first-order valence-electron chi connectivity index (χ1n) is 3.81. The minimum absolute atomic E-state index is 0.236. The van der Waals surface area contributed by atoms with Crippen LogP contribution in [0.5, 0.6) is 0 Å². The maximum Gasteiger partial charge on any atom is 0.221 e. The molecule has 1 unspecified atom stereocenters. The van der Waals surface area contributed by atoms with Crippen molar-refractivity contribution in [3.05, 3.63) is 29.2 Å². The molecular formula is C8H9FN2O3. The van der Waals surface area contributed by atoms with E-state index >= 15 is 0 Å². The summed E-state index contributed by atoms with van der Waals surface area (Å²) in [5.74, 6) is -1.21. The van der Waals surface area contributed by atoms with Crippen molar-refractivity contribution in [1.82, 2.24) is 0 Å². The molecule has 0 aliphatic rings. The molecule has 0 saturated carbocycles. The maximum atomic E-state index is 13.0. The number of quaternary nitrogens is 1. The van der Waals surface area contributed by atoms with Crippen LogP contribution < -0.4 is 10.5 Å². The lowest BCUT2D eigenvalue weighted by molar-refractivity contribution is -0.992. The van der Waals surface area contributed by atoms with Gasteiger partial charge in [0, 0.05) is 24.7 Å². The monoisotopic (exact) mass is 200 g/mol. The maximum absolute atomic E-state index is 13.0. The molecule has 6 heteroatoms. The number of benzene rings is 1. The minimum atomic E-state index is -1.34. The zero-order chi connectivity index (χ0) is 10.7. The normalized spacial score (nSPS) is 12.3. The molecule has 1 aromatic rings. The molecule has 0 fully saturated rings. The standard InChI is InChI=1S/C8H9FN2O3/c1-5(12)10-6-2-3-8(11(13)14)7(9)4-6/h2-4,11,13H,1H3,(H,10,12). The third-order valence-corrected chi connectivity index (χ3v) is 1.52. The average Bonchev–Trinajstić information content (AvgIpc) is 2.01. The van der Waals surface area contributed by atoms with Crippen molar-refractivity contribution in [2.45, 2.75) is 6.92 Å². The summed E-state index contributed by atoms with van der Waals surface area (Å²) in [6.07, 6.45) is 0. The fraction of sp³-hybridized carbons (Fsp3) is 0.125. The molecule has 3 N–H and O–H groups in total. The van der Waals surface area contributed by atoms with E-state index in [4.69, 9.17) is 5.21 Å². The molecule has 0 radical (unpaired) electrons. The molecule has 14 heavy (non-hydrogen) atoms. The van der Waals surface area contributed by atoms with Gasteiger partial charge < -0.3 is 10.5 Å². The third-order valence-electron chi connectivity index (χ3n) is 1.52. The SMILES string of the molecule is CC(=O)Nc1ccc([NH+]([O-])O)c(F)c1. The Bertz CT molecular complexity index is 354. The smallest absolute Gasteiger partial charge is 0.221 e. The van der Waals surface area contributed by atoms with Crippen molar-refractivity contribution in [2.24, 2.45) is 0 Å². The Balaban J connectivity index is 2.94. The highest BCUT2D eigenvalue weighted by Gasteiger charge is 2.09. The second-order valence-corrected chi connectivity index (χ2v) is 2.68. The van der Waals surface area contributed by atoms with Crippen molar-refractivity contribution in [3.63, 3.8) is 0 Å². The number of anilines is 1. The molecule has 0 saturated heterocycles. The van der Waals surface area contributed by atoms with Gasteiger partial charge in [0.15, 0.2) is 11.5 Å². The molecule has 1 amide bonds. The first-order valence-corrected chi connectivity index (χ1v) is 3.81. The zero-order valence-corrected chi connectivity index (χ0v) is 7.37. The van der Waals surface area contributed by atoms with E-state index in [1.807, 2.05) is 0 Å². The summed E-state index contributed by atoms with van der Waals surface area (Å²) in [6, 6.07) is 3.39. The highest BCUT2D eigenvalue weighted by atomic mass is 19.1. The molecule has 0 aliphatic carbocycles. The van der Waals surface area contributed by atoms with E-state index in [0.29, 0.717) is 0 Å². The van der Waals surface area contributed by atoms with Crippen LogP contribution in [0.3, 0.4) is 0 Å².